The summed E-state index contributed by atoms with van der Waals surface area (Å²) in [5.74, 6) is 0.405. The van der Waals surface area contributed by atoms with Crippen LogP contribution in [0.25, 0.3) is 0 Å². The van der Waals surface area contributed by atoms with Crippen LogP contribution in [-0.4, -0.2) is 41.6 Å². The number of nitrogens with one attached hydrogen (secondary N) is 1. The van der Waals surface area contributed by atoms with Crippen LogP contribution in [0.5, 0.6) is 5.75 Å². The number of fused-ring (bicyclic) bond motifs is 2. The number of aromatic hydroxyl groups is 1. The minimum Gasteiger partial charge on any atom is -0.508 e. The van der Waals surface area contributed by atoms with Gasteiger partial charge in [-0.3, -0.25) is 4.79 Å². The Morgan fingerprint density at radius 1 is 1.38 bits per heavy atom. The Morgan fingerprint density at radius 2 is 2.05 bits per heavy atom. The maximum atomic E-state index is 12.2. The molecule has 2 bridgehead atoms. The van der Waals surface area contributed by atoms with Crippen molar-refractivity contribution in [3.05, 3.63) is 23.8 Å². The van der Waals surface area contributed by atoms with Crippen LogP contribution >= 0.6 is 0 Å². The summed E-state index contributed by atoms with van der Waals surface area (Å²) in [6, 6.07) is 5.82. The first-order valence-electron chi connectivity index (χ1n) is 7.63. The van der Waals surface area contributed by atoms with Gasteiger partial charge in [0.1, 0.15) is 5.75 Å². The summed E-state index contributed by atoms with van der Waals surface area (Å²) >= 11 is 0. The monoisotopic (exact) mass is 289 g/mol. The van der Waals surface area contributed by atoms with Crippen molar-refractivity contribution in [1.29, 1.82) is 0 Å². The molecule has 0 radical (unpaired) electrons. The average Bonchev–Trinajstić information content (AvgIpc) is 2.69. The van der Waals surface area contributed by atoms with Crippen molar-refractivity contribution in [3.8, 4) is 5.75 Å². The van der Waals surface area contributed by atoms with E-state index in [9.17, 15) is 9.90 Å². The number of hydrogen-bond donors (Lipinski definition) is 3. The quantitative estimate of drug-likeness (QED) is 0.583. The van der Waals surface area contributed by atoms with Crippen LogP contribution in [0.3, 0.4) is 0 Å². The molecule has 0 saturated carbocycles. The summed E-state index contributed by atoms with van der Waals surface area (Å²) in [4.78, 5) is 14.7. The van der Waals surface area contributed by atoms with Gasteiger partial charge in [0.15, 0.2) is 0 Å². The fourth-order valence-corrected chi connectivity index (χ4v) is 3.76. The number of anilines is 1. The first-order valence-corrected chi connectivity index (χ1v) is 7.63. The molecule has 114 valence electrons. The van der Waals surface area contributed by atoms with Crippen LogP contribution < -0.4 is 11.1 Å². The van der Waals surface area contributed by atoms with Gasteiger partial charge in [-0.15, -0.1) is 0 Å². The fraction of sp³-hybridized carbons (Fsp3) is 0.562. The molecular formula is C16H23N3O2. The van der Waals surface area contributed by atoms with E-state index in [1.54, 1.807) is 6.07 Å². The lowest BCUT2D eigenvalue weighted by molar-refractivity contribution is 0.0918. The topological polar surface area (TPSA) is 78.6 Å². The number of nitrogen functional groups attached to an aromatic ring is 1. The Hall–Kier alpha value is -1.75. The predicted molar refractivity (Wildman–Crippen MR) is 82.1 cm³/mol. The minimum atomic E-state index is -0.199. The largest absolute Gasteiger partial charge is 0.508 e. The van der Waals surface area contributed by atoms with Crippen LogP contribution in [0.15, 0.2) is 18.2 Å². The second-order valence-corrected chi connectivity index (χ2v) is 6.37. The van der Waals surface area contributed by atoms with Crippen molar-refractivity contribution in [1.82, 2.24) is 10.2 Å². The molecule has 21 heavy (non-hydrogen) atoms. The van der Waals surface area contributed by atoms with Crippen LogP contribution in [0.2, 0.25) is 0 Å². The van der Waals surface area contributed by atoms with Gasteiger partial charge >= 0.3 is 0 Å². The second-order valence-electron chi connectivity index (χ2n) is 6.37. The van der Waals surface area contributed by atoms with Gasteiger partial charge in [-0.25, -0.2) is 0 Å². The molecule has 0 aliphatic carbocycles. The van der Waals surface area contributed by atoms with E-state index in [4.69, 9.17) is 5.73 Å². The highest BCUT2D eigenvalue weighted by Crippen LogP contribution is 2.37. The summed E-state index contributed by atoms with van der Waals surface area (Å²) in [7, 11) is 2.21. The number of phenolic OH excluding ortho intramolecular Hbond substituents is 1. The molecule has 2 unspecified atom stereocenters. The third kappa shape index (κ3) is 2.83. The number of amides is 1. The molecule has 1 amide bonds. The molecule has 3 rings (SSSR count). The van der Waals surface area contributed by atoms with Crippen LogP contribution in [0.4, 0.5) is 5.69 Å². The molecule has 5 heteroatoms. The lowest BCUT2D eigenvalue weighted by Crippen LogP contribution is -2.43. The number of nitrogens with zero attached hydrogens (tertiary/aromatic N) is 1. The third-order valence-electron chi connectivity index (χ3n) is 5.03. The number of phenols is 1. The average molecular weight is 289 g/mol. The van der Waals surface area contributed by atoms with Crippen molar-refractivity contribution < 1.29 is 9.90 Å². The van der Waals surface area contributed by atoms with Crippen LogP contribution in [0.1, 0.15) is 36.0 Å². The highest BCUT2D eigenvalue weighted by atomic mass is 16.3. The molecule has 2 aliphatic heterocycles. The number of benzene rings is 1. The number of hydrogen-bond acceptors (Lipinski definition) is 4. The van der Waals surface area contributed by atoms with Gasteiger partial charge in [-0.05, 0) is 56.8 Å². The maximum Gasteiger partial charge on any atom is 0.253 e. The zero-order valence-electron chi connectivity index (χ0n) is 12.4. The highest BCUT2D eigenvalue weighted by molar-refractivity contribution is 5.99. The van der Waals surface area contributed by atoms with E-state index in [-0.39, 0.29) is 11.7 Å². The Balaban J connectivity index is 1.58. The van der Waals surface area contributed by atoms with Crippen molar-refractivity contribution in [2.24, 2.45) is 5.92 Å². The minimum absolute atomic E-state index is 0.0617. The predicted octanol–water partition coefficient (Wildman–Crippen LogP) is 1.58. The van der Waals surface area contributed by atoms with Crippen LogP contribution in [0, 0.1) is 5.92 Å². The molecular weight excluding hydrogens is 266 g/mol. The summed E-state index contributed by atoms with van der Waals surface area (Å²) in [5, 5.41) is 12.4. The zero-order valence-corrected chi connectivity index (χ0v) is 12.4. The van der Waals surface area contributed by atoms with E-state index in [0.29, 0.717) is 35.8 Å². The van der Waals surface area contributed by atoms with Crippen molar-refractivity contribution in [3.63, 3.8) is 0 Å². The number of carbonyl (C=O) groups excluding carboxylic acids is 1. The SMILES string of the molecule is CN1C2CCC1CC(CNC(=O)c1cc(O)ccc1N)C2. The van der Waals surface area contributed by atoms with E-state index in [0.717, 1.165) is 12.8 Å². The van der Waals surface area contributed by atoms with Crippen molar-refractivity contribution in [2.45, 2.75) is 37.8 Å². The van der Waals surface area contributed by atoms with E-state index in [2.05, 4.69) is 17.3 Å². The van der Waals surface area contributed by atoms with E-state index in [1.165, 1.54) is 25.0 Å². The molecule has 5 nitrogen and oxygen atoms in total. The molecule has 0 spiro atoms. The summed E-state index contributed by atoms with van der Waals surface area (Å²) in [6.07, 6.45) is 4.88. The lowest BCUT2D eigenvalue weighted by Gasteiger charge is -2.36. The summed E-state index contributed by atoms with van der Waals surface area (Å²) in [5.41, 5.74) is 6.54. The van der Waals surface area contributed by atoms with Gasteiger partial charge in [-0.1, -0.05) is 0 Å². The Bertz CT molecular complexity index is 532. The molecule has 0 aromatic heterocycles. The van der Waals surface area contributed by atoms with Gasteiger partial charge in [-0.2, -0.15) is 0 Å². The van der Waals surface area contributed by atoms with E-state index in [1.807, 2.05) is 0 Å². The summed E-state index contributed by atoms with van der Waals surface area (Å²) < 4.78 is 0. The second kappa shape index (κ2) is 5.56. The molecule has 2 atom stereocenters. The normalized spacial score (nSPS) is 28.5. The number of carbonyl (C=O) groups is 1. The fourth-order valence-electron chi connectivity index (χ4n) is 3.76. The Morgan fingerprint density at radius 3 is 2.71 bits per heavy atom. The van der Waals surface area contributed by atoms with Gasteiger partial charge in [0.25, 0.3) is 5.91 Å². The zero-order chi connectivity index (χ0) is 15.0. The van der Waals surface area contributed by atoms with Gasteiger partial charge in [0.2, 0.25) is 0 Å². The van der Waals surface area contributed by atoms with Crippen molar-refractivity contribution >= 4 is 11.6 Å². The number of rotatable bonds is 3. The van der Waals surface area contributed by atoms with Gasteiger partial charge in [0, 0.05) is 24.3 Å². The maximum absolute atomic E-state index is 12.2. The van der Waals surface area contributed by atoms with Crippen molar-refractivity contribution in [2.75, 3.05) is 19.3 Å². The Labute approximate surface area is 125 Å². The van der Waals surface area contributed by atoms with E-state index >= 15 is 0 Å². The standard InChI is InChI=1S/C16H23N3O2/c1-19-11-2-3-12(19)7-10(6-11)9-18-16(21)14-8-13(20)4-5-15(14)17/h4-5,8,10-12,20H,2-3,6-7,9,17H2,1H3,(H,18,21). The summed E-state index contributed by atoms with van der Waals surface area (Å²) in [6.45, 7) is 0.689. The lowest BCUT2D eigenvalue weighted by atomic mass is 9.91. The molecule has 2 fully saturated rings. The molecule has 2 aliphatic rings. The third-order valence-corrected chi connectivity index (χ3v) is 5.03. The molecule has 1 aromatic rings. The first-order chi connectivity index (χ1) is 10.0. The van der Waals surface area contributed by atoms with Gasteiger partial charge in [0.05, 0.1) is 5.56 Å². The number of nitrogens with two attached hydrogens (primary N) is 1. The number of piperidine rings is 1. The van der Waals surface area contributed by atoms with Crippen LogP contribution in [-0.2, 0) is 0 Å². The molecule has 4 N–H and O–H groups in total. The highest BCUT2D eigenvalue weighted by Gasteiger charge is 2.38. The smallest absolute Gasteiger partial charge is 0.253 e. The van der Waals surface area contributed by atoms with E-state index < -0.39 is 0 Å². The molecule has 2 saturated heterocycles. The molecule has 2 heterocycles. The Kier molecular flexibility index (Phi) is 3.76. The first kappa shape index (κ1) is 14.2. The van der Waals surface area contributed by atoms with Gasteiger partial charge < -0.3 is 21.1 Å². The molecule has 1 aromatic carbocycles.